The van der Waals surface area contributed by atoms with Gasteiger partial charge in [0.1, 0.15) is 5.82 Å². The topological polar surface area (TPSA) is 58.1 Å². The van der Waals surface area contributed by atoms with Crippen molar-refractivity contribution in [2.75, 3.05) is 16.8 Å². The van der Waals surface area contributed by atoms with E-state index in [0.717, 1.165) is 79.0 Å². The lowest BCUT2D eigenvalue weighted by molar-refractivity contribution is -0.137. The first kappa shape index (κ1) is 25.7. The molecule has 1 unspecified atom stereocenters. The Balaban J connectivity index is 1.72. The van der Waals surface area contributed by atoms with E-state index in [9.17, 15) is 18.0 Å². The van der Waals surface area contributed by atoms with Gasteiger partial charge in [0.2, 0.25) is 0 Å². The van der Waals surface area contributed by atoms with Crippen LogP contribution in [0.4, 0.5) is 24.7 Å². The molecule has 36 heavy (non-hydrogen) atoms. The molecule has 8 heteroatoms. The number of nitrogens with one attached hydrogen (secondary N) is 1. The van der Waals surface area contributed by atoms with Crippen LogP contribution in [0.5, 0.6) is 0 Å². The smallest absolute Gasteiger partial charge is 0.366 e. The minimum absolute atomic E-state index is 0.0481. The van der Waals surface area contributed by atoms with Crippen molar-refractivity contribution in [1.29, 1.82) is 0 Å². The van der Waals surface area contributed by atoms with E-state index in [1.807, 2.05) is 38.1 Å². The van der Waals surface area contributed by atoms with Gasteiger partial charge in [-0.05, 0) is 81.5 Å². The first-order valence-electron chi connectivity index (χ1n) is 12.3. The number of hydrogen-bond donors (Lipinski definition) is 1. The zero-order valence-electron chi connectivity index (χ0n) is 20.8. The lowest BCUT2D eigenvalue weighted by atomic mass is 9.90. The summed E-state index contributed by atoms with van der Waals surface area (Å²) < 4.78 is 38.9. The molecule has 3 aromatic rings. The molecule has 0 saturated carbocycles. The van der Waals surface area contributed by atoms with Crippen LogP contribution in [0.1, 0.15) is 59.8 Å². The predicted molar refractivity (Wildman–Crippen MR) is 136 cm³/mol. The number of aldehydes is 1. The third kappa shape index (κ3) is 5.53. The Kier molecular flexibility index (Phi) is 7.62. The number of alkyl halides is 3. The second kappa shape index (κ2) is 10.7. The highest BCUT2D eigenvalue weighted by Gasteiger charge is 2.33. The van der Waals surface area contributed by atoms with Crippen molar-refractivity contribution < 1.29 is 18.0 Å². The van der Waals surface area contributed by atoms with Crippen molar-refractivity contribution in [2.24, 2.45) is 0 Å². The number of rotatable bonds is 7. The molecule has 0 amide bonds. The van der Waals surface area contributed by atoms with Gasteiger partial charge >= 0.3 is 6.18 Å². The fraction of sp³-hybridized carbons (Fsp3) is 0.393. The minimum atomic E-state index is -4.42. The summed E-state index contributed by atoms with van der Waals surface area (Å²) >= 11 is 0. The van der Waals surface area contributed by atoms with Gasteiger partial charge < -0.3 is 10.2 Å². The van der Waals surface area contributed by atoms with Crippen molar-refractivity contribution >= 4 is 17.8 Å². The number of carbonyl (C=O) groups excluding carboxylic acids is 1. The van der Waals surface area contributed by atoms with E-state index >= 15 is 0 Å². The fourth-order valence-electron chi connectivity index (χ4n) is 5.06. The maximum Gasteiger partial charge on any atom is 0.417 e. The summed E-state index contributed by atoms with van der Waals surface area (Å²) in [6.45, 7) is 6.77. The molecule has 0 aliphatic carbocycles. The molecule has 3 heterocycles. The van der Waals surface area contributed by atoms with Crippen LogP contribution in [-0.2, 0) is 6.18 Å². The number of anilines is 2. The Morgan fingerprint density at radius 2 is 1.97 bits per heavy atom. The van der Waals surface area contributed by atoms with Gasteiger partial charge in [0.15, 0.2) is 6.29 Å². The van der Waals surface area contributed by atoms with E-state index in [1.54, 1.807) is 0 Å². The van der Waals surface area contributed by atoms with Crippen molar-refractivity contribution in [2.45, 2.75) is 64.7 Å². The molecule has 1 aliphatic heterocycles. The molecule has 1 aromatic carbocycles. The van der Waals surface area contributed by atoms with E-state index in [-0.39, 0.29) is 12.1 Å². The van der Waals surface area contributed by atoms with Crippen LogP contribution in [-0.4, -0.2) is 34.9 Å². The fourth-order valence-corrected chi connectivity index (χ4v) is 5.06. The highest BCUT2D eigenvalue weighted by atomic mass is 19.4. The SMILES string of the molecule is CCC(Nc1ccc(C(F)(F)F)cn1)[C@@H]1CCCCN1c1cc(C)cc(C=O)c1-c1cccc(C)n1. The van der Waals surface area contributed by atoms with Crippen LogP contribution in [0.25, 0.3) is 11.3 Å². The first-order chi connectivity index (χ1) is 17.2. The minimum Gasteiger partial charge on any atom is -0.366 e. The number of halogens is 3. The molecular weight excluding hydrogens is 465 g/mol. The van der Waals surface area contributed by atoms with E-state index in [4.69, 9.17) is 4.98 Å². The van der Waals surface area contributed by atoms with Gasteiger partial charge in [-0.2, -0.15) is 13.2 Å². The molecule has 1 aliphatic rings. The number of pyridine rings is 2. The quantitative estimate of drug-likeness (QED) is 0.363. The molecule has 190 valence electrons. The van der Waals surface area contributed by atoms with E-state index < -0.39 is 11.7 Å². The van der Waals surface area contributed by atoms with Crippen LogP contribution in [0.3, 0.4) is 0 Å². The maximum absolute atomic E-state index is 13.0. The number of benzene rings is 1. The Labute approximate surface area is 209 Å². The lowest BCUT2D eigenvalue weighted by Crippen LogP contribution is -2.50. The molecule has 5 nitrogen and oxygen atoms in total. The molecule has 4 rings (SSSR count). The monoisotopic (exact) mass is 496 g/mol. The lowest BCUT2D eigenvalue weighted by Gasteiger charge is -2.43. The van der Waals surface area contributed by atoms with Gasteiger partial charge in [-0.15, -0.1) is 0 Å². The zero-order chi connectivity index (χ0) is 25.9. The van der Waals surface area contributed by atoms with Gasteiger partial charge in [0, 0.05) is 47.3 Å². The van der Waals surface area contributed by atoms with Crippen LogP contribution in [0.15, 0.2) is 48.7 Å². The molecule has 1 saturated heterocycles. The van der Waals surface area contributed by atoms with Crippen LogP contribution < -0.4 is 10.2 Å². The zero-order valence-corrected chi connectivity index (χ0v) is 20.8. The van der Waals surface area contributed by atoms with Crippen molar-refractivity contribution in [3.63, 3.8) is 0 Å². The number of nitrogens with zero attached hydrogens (tertiary/aromatic N) is 3. The molecule has 0 radical (unpaired) electrons. The van der Waals surface area contributed by atoms with E-state index in [0.29, 0.717) is 11.4 Å². The van der Waals surface area contributed by atoms with Gasteiger partial charge in [0.05, 0.1) is 11.3 Å². The summed E-state index contributed by atoms with van der Waals surface area (Å²) in [6.07, 6.45) is 1.06. The number of piperidine rings is 1. The number of aryl methyl sites for hydroxylation is 2. The van der Waals surface area contributed by atoms with Crippen molar-refractivity contribution in [3.8, 4) is 11.3 Å². The van der Waals surface area contributed by atoms with E-state index in [2.05, 4.69) is 28.2 Å². The summed E-state index contributed by atoms with van der Waals surface area (Å²) in [5.74, 6) is 0.416. The number of carbonyl (C=O) groups is 1. The summed E-state index contributed by atoms with van der Waals surface area (Å²) in [6, 6.07) is 12.2. The molecule has 2 atom stereocenters. The number of aromatic nitrogens is 2. The third-order valence-corrected chi connectivity index (χ3v) is 6.75. The second-order valence-corrected chi connectivity index (χ2v) is 9.38. The standard InChI is InChI=1S/C28H31F3N4O/c1-4-22(34-26-12-11-21(16-32-26)28(29,30)31)24-10-5-6-13-35(24)25-15-18(2)14-20(17-36)27(25)23-9-7-8-19(3)33-23/h7-9,11-12,14-17,22,24H,4-6,10,13H2,1-3H3,(H,32,34)/t22?,24-/m0/s1. The van der Waals surface area contributed by atoms with Crippen LogP contribution >= 0.6 is 0 Å². The Morgan fingerprint density at radius 3 is 2.61 bits per heavy atom. The summed E-state index contributed by atoms with van der Waals surface area (Å²) in [4.78, 5) is 23.2. The van der Waals surface area contributed by atoms with Crippen LogP contribution in [0.2, 0.25) is 0 Å². The van der Waals surface area contributed by atoms with Crippen molar-refractivity contribution in [1.82, 2.24) is 9.97 Å². The highest BCUT2D eigenvalue weighted by Crippen LogP contribution is 2.38. The number of hydrogen-bond acceptors (Lipinski definition) is 5. The molecule has 2 aromatic heterocycles. The Bertz CT molecular complexity index is 1210. The summed E-state index contributed by atoms with van der Waals surface area (Å²) in [7, 11) is 0. The summed E-state index contributed by atoms with van der Waals surface area (Å²) in [5, 5.41) is 3.38. The second-order valence-electron chi connectivity index (χ2n) is 9.38. The maximum atomic E-state index is 13.0. The van der Waals surface area contributed by atoms with Crippen LogP contribution in [0, 0.1) is 13.8 Å². The normalized spacial score (nSPS) is 17.1. The average molecular weight is 497 g/mol. The van der Waals surface area contributed by atoms with Gasteiger partial charge in [-0.25, -0.2) is 4.98 Å². The molecule has 1 fully saturated rings. The highest BCUT2D eigenvalue weighted by molar-refractivity contribution is 5.94. The molecule has 0 bridgehead atoms. The van der Waals surface area contributed by atoms with Gasteiger partial charge in [-0.3, -0.25) is 9.78 Å². The third-order valence-electron chi connectivity index (χ3n) is 6.75. The van der Waals surface area contributed by atoms with Gasteiger partial charge in [-0.1, -0.05) is 13.0 Å². The average Bonchev–Trinajstić information content (AvgIpc) is 2.86. The van der Waals surface area contributed by atoms with Gasteiger partial charge in [0.25, 0.3) is 0 Å². The first-order valence-corrected chi connectivity index (χ1v) is 12.3. The predicted octanol–water partition coefficient (Wildman–Crippen LogP) is 6.84. The van der Waals surface area contributed by atoms with Crippen molar-refractivity contribution in [3.05, 3.63) is 71.0 Å². The largest absolute Gasteiger partial charge is 0.417 e. The molecular formula is C28H31F3N4O. The van der Waals surface area contributed by atoms with E-state index in [1.165, 1.54) is 6.07 Å². The summed E-state index contributed by atoms with van der Waals surface area (Å²) in [5.41, 5.74) is 4.21. The molecule has 0 spiro atoms. The Hall–Kier alpha value is -3.42. The Morgan fingerprint density at radius 1 is 1.17 bits per heavy atom. The molecule has 1 N–H and O–H groups in total.